The van der Waals surface area contributed by atoms with E-state index in [1.807, 2.05) is 0 Å². The van der Waals surface area contributed by atoms with Crippen molar-refractivity contribution >= 4 is 0 Å². The fourth-order valence-corrected chi connectivity index (χ4v) is 3.75. The van der Waals surface area contributed by atoms with Crippen molar-refractivity contribution in [2.24, 2.45) is 11.8 Å². The van der Waals surface area contributed by atoms with Gasteiger partial charge in [-0.05, 0) is 36.7 Å². The molecule has 1 heteroatoms. The van der Waals surface area contributed by atoms with E-state index in [1.165, 1.54) is 83.0 Å². The molecule has 0 spiro atoms. The molecule has 0 aliphatic heterocycles. The van der Waals surface area contributed by atoms with Crippen LogP contribution in [0.2, 0.25) is 0 Å². The lowest BCUT2D eigenvalue weighted by atomic mass is 9.95. The van der Waals surface area contributed by atoms with Gasteiger partial charge in [0.05, 0.1) is 0 Å². The lowest BCUT2D eigenvalue weighted by Crippen LogP contribution is -2.35. The van der Waals surface area contributed by atoms with Gasteiger partial charge in [0.25, 0.3) is 0 Å². The summed E-state index contributed by atoms with van der Waals surface area (Å²) in [4.78, 5) is 2.79. The average Bonchev–Trinajstić information content (AvgIpc) is 2.66. The molecule has 0 saturated heterocycles. The standard InChI is InChI=1S/C24H43N/c1-5-9-14-22(7-3)20-25(21-23(8-4)15-10-6-2)19-18-24-16-12-11-13-17-24/h11-13,16-17,22-23H,5-10,14-15,18-21H2,1-4H3. The van der Waals surface area contributed by atoms with Gasteiger partial charge in [0.1, 0.15) is 0 Å². The SMILES string of the molecule is CCCCC(CC)CN(CCc1ccccc1)CC(CC)CCCC. The van der Waals surface area contributed by atoms with Gasteiger partial charge >= 0.3 is 0 Å². The van der Waals surface area contributed by atoms with Crippen LogP contribution in [0.15, 0.2) is 30.3 Å². The molecule has 25 heavy (non-hydrogen) atoms. The Balaban J connectivity index is 2.63. The van der Waals surface area contributed by atoms with Crippen molar-refractivity contribution < 1.29 is 0 Å². The second-order valence-corrected chi connectivity index (χ2v) is 7.83. The molecule has 0 amide bonds. The Morgan fingerprint density at radius 1 is 0.760 bits per heavy atom. The molecule has 1 aromatic carbocycles. The second-order valence-electron chi connectivity index (χ2n) is 7.83. The van der Waals surface area contributed by atoms with E-state index in [4.69, 9.17) is 0 Å². The predicted molar refractivity (Wildman–Crippen MR) is 113 cm³/mol. The molecule has 0 aromatic heterocycles. The summed E-state index contributed by atoms with van der Waals surface area (Å²) in [5.41, 5.74) is 1.48. The van der Waals surface area contributed by atoms with Crippen LogP contribution in [0.25, 0.3) is 0 Å². The van der Waals surface area contributed by atoms with Crippen LogP contribution in [0.3, 0.4) is 0 Å². The van der Waals surface area contributed by atoms with Gasteiger partial charge in [0, 0.05) is 19.6 Å². The quantitative estimate of drug-likeness (QED) is 0.332. The van der Waals surface area contributed by atoms with Crippen molar-refractivity contribution in [3.05, 3.63) is 35.9 Å². The summed E-state index contributed by atoms with van der Waals surface area (Å²) < 4.78 is 0. The third-order valence-corrected chi connectivity index (χ3v) is 5.68. The smallest absolute Gasteiger partial charge is 0.00221 e. The maximum Gasteiger partial charge on any atom is 0.00221 e. The molecule has 144 valence electrons. The van der Waals surface area contributed by atoms with Gasteiger partial charge in [0.2, 0.25) is 0 Å². The van der Waals surface area contributed by atoms with Gasteiger partial charge in [-0.15, -0.1) is 0 Å². The maximum absolute atomic E-state index is 2.79. The molecular weight excluding hydrogens is 302 g/mol. The van der Waals surface area contributed by atoms with Gasteiger partial charge in [0.15, 0.2) is 0 Å². The van der Waals surface area contributed by atoms with E-state index >= 15 is 0 Å². The monoisotopic (exact) mass is 345 g/mol. The first-order valence-electron chi connectivity index (χ1n) is 11.0. The summed E-state index contributed by atoms with van der Waals surface area (Å²) in [5.74, 6) is 1.75. The Labute approximate surface area is 158 Å². The van der Waals surface area contributed by atoms with Crippen LogP contribution < -0.4 is 0 Å². The van der Waals surface area contributed by atoms with Crippen LogP contribution in [0.5, 0.6) is 0 Å². The molecule has 2 unspecified atom stereocenters. The van der Waals surface area contributed by atoms with E-state index in [-0.39, 0.29) is 0 Å². The van der Waals surface area contributed by atoms with Crippen LogP contribution in [0, 0.1) is 11.8 Å². The Kier molecular flexibility index (Phi) is 12.8. The summed E-state index contributed by atoms with van der Waals surface area (Å²) >= 11 is 0. The molecule has 1 nitrogen and oxygen atoms in total. The normalized spacial score (nSPS) is 14.0. The van der Waals surface area contributed by atoms with Crippen molar-refractivity contribution in [3.8, 4) is 0 Å². The van der Waals surface area contributed by atoms with Crippen molar-refractivity contribution in [2.75, 3.05) is 19.6 Å². The first-order chi connectivity index (χ1) is 12.2. The summed E-state index contributed by atoms with van der Waals surface area (Å²) in [6.45, 7) is 13.2. The van der Waals surface area contributed by atoms with Crippen molar-refractivity contribution in [2.45, 2.75) is 85.5 Å². The molecule has 0 radical (unpaired) electrons. The van der Waals surface area contributed by atoms with Gasteiger partial charge < -0.3 is 4.90 Å². The number of rotatable bonds is 15. The molecular formula is C24H43N. The zero-order valence-corrected chi connectivity index (χ0v) is 17.5. The van der Waals surface area contributed by atoms with E-state index in [2.05, 4.69) is 62.9 Å². The zero-order chi connectivity index (χ0) is 18.3. The minimum absolute atomic E-state index is 0.874. The maximum atomic E-state index is 2.79. The highest BCUT2D eigenvalue weighted by Gasteiger charge is 2.16. The molecule has 0 saturated carbocycles. The summed E-state index contributed by atoms with van der Waals surface area (Å²) in [5, 5.41) is 0. The highest BCUT2D eigenvalue weighted by molar-refractivity contribution is 5.14. The first kappa shape index (κ1) is 22.2. The topological polar surface area (TPSA) is 3.24 Å². The van der Waals surface area contributed by atoms with E-state index in [1.54, 1.807) is 0 Å². The number of benzene rings is 1. The number of unbranched alkanes of at least 4 members (excludes halogenated alkanes) is 2. The van der Waals surface area contributed by atoms with E-state index in [0.717, 1.165) is 11.8 Å². The Bertz CT molecular complexity index is 382. The number of hydrogen-bond donors (Lipinski definition) is 0. The highest BCUT2D eigenvalue weighted by atomic mass is 15.1. The summed E-state index contributed by atoms with van der Waals surface area (Å²) in [7, 11) is 0. The number of hydrogen-bond acceptors (Lipinski definition) is 1. The molecule has 1 aromatic rings. The van der Waals surface area contributed by atoms with Crippen LogP contribution in [0.1, 0.15) is 84.6 Å². The van der Waals surface area contributed by atoms with E-state index in [9.17, 15) is 0 Å². The van der Waals surface area contributed by atoms with Gasteiger partial charge in [-0.25, -0.2) is 0 Å². The van der Waals surface area contributed by atoms with Crippen LogP contribution in [0.4, 0.5) is 0 Å². The van der Waals surface area contributed by atoms with Gasteiger partial charge in [-0.3, -0.25) is 0 Å². The summed E-state index contributed by atoms with van der Waals surface area (Å²) in [6, 6.07) is 11.0. The molecule has 0 N–H and O–H groups in total. The lowest BCUT2D eigenvalue weighted by Gasteiger charge is -2.30. The second kappa shape index (κ2) is 14.4. The third-order valence-electron chi connectivity index (χ3n) is 5.68. The lowest BCUT2D eigenvalue weighted by molar-refractivity contribution is 0.183. The predicted octanol–water partition coefficient (Wildman–Crippen LogP) is 6.96. The Morgan fingerprint density at radius 2 is 1.28 bits per heavy atom. The minimum Gasteiger partial charge on any atom is -0.302 e. The first-order valence-corrected chi connectivity index (χ1v) is 11.0. The van der Waals surface area contributed by atoms with Crippen molar-refractivity contribution in [3.63, 3.8) is 0 Å². The van der Waals surface area contributed by atoms with E-state index in [0.29, 0.717) is 0 Å². The van der Waals surface area contributed by atoms with Gasteiger partial charge in [-0.1, -0.05) is 96.6 Å². The minimum atomic E-state index is 0.874. The van der Waals surface area contributed by atoms with Crippen LogP contribution in [-0.4, -0.2) is 24.5 Å². The van der Waals surface area contributed by atoms with E-state index < -0.39 is 0 Å². The average molecular weight is 346 g/mol. The fourth-order valence-electron chi connectivity index (χ4n) is 3.75. The molecule has 0 fully saturated rings. The molecule has 0 bridgehead atoms. The van der Waals surface area contributed by atoms with Gasteiger partial charge in [-0.2, -0.15) is 0 Å². The third kappa shape index (κ3) is 10.0. The molecule has 0 aliphatic rings. The van der Waals surface area contributed by atoms with Crippen molar-refractivity contribution in [1.29, 1.82) is 0 Å². The molecule has 0 heterocycles. The molecule has 2 atom stereocenters. The highest BCUT2D eigenvalue weighted by Crippen LogP contribution is 2.19. The van der Waals surface area contributed by atoms with Crippen LogP contribution in [-0.2, 0) is 6.42 Å². The fraction of sp³-hybridized carbons (Fsp3) is 0.750. The Morgan fingerprint density at radius 3 is 1.72 bits per heavy atom. The zero-order valence-electron chi connectivity index (χ0n) is 17.5. The largest absolute Gasteiger partial charge is 0.302 e. The molecule has 0 aliphatic carbocycles. The summed E-state index contributed by atoms with van der Waals surface area (Å²) in [6.07, 6.45) is 12.1. The van der Waals surface area contributed by atoms with Crippen LogP contribution >= 0.6 is 0 Å². The van der Waals surface area contributed by atoms with Crippen molar-refractivity contribution in [1.82, 2.24) is 4.90 Å². The number of nitrogens with zero attached hydrogens (tertiary/aromatic N) is 1. The molecule has 1 rings (SSSR count). The Hall–Kier alpha value is -0.820.